The first-order valence-corrected chi connectivity index (χ1v) is 11.5. The van der Waals surface area contributed by atoms with Gasteiger partial charge >= 0.3 is 0 Å². The summed E-state index contributed by atoms with van der Waals surface area (Å²) in [5.74, 6) is 0. The topological polar surface area (TPSA) is 4.93 Å². The molecule has 0 aliphatic heterocycles. The molecule has 0 radical (unpaired) electrons. The van der Waals surface area contributed by atoms with Crippen LogP contribution < -0.4 is 0 Å². The predicted molar refractivity (Wildman–Crippen MR) is 139 cm³/mol. The van der Waals surface area contributed by atoms with Gasteiger partial charge in [-0.1, -0.05) is 101 Å². The maximum Gasteiger partial charge on any atom is 0.0546 e. The summed E-state index contributed by atoms with van der Waals surface area (Å²) in [5.41, 5.74) is 7.23. The van der Waals surface area contributed by atoms with Gasteiger partial charge < -0.3 is 4.57 Å². The zero-order valence-electron chi connectivity index (χ0n) is 17.4. The highest BCUT2D eigenvalue weighted by Gasteiger charge is 2.16. The number of halogens is 1. The number of aromatic nitrogens is 1. The highest BCUT2D eigenvalue weighted by atomic mass is 79.9. The average molecular weight is 474 g/mol. The Morgan fingerprint density at radius 1 is 0.500 bits per heavy atom. The minimum atomic E-state index is 1.08. The van der Waals surface area contributed by atoms with Crippen LogP contribution in [0.1, 0.15) is 0 Å². The second-order valence-corrected chi connectivity index (χ2v) is 8.93. The van der Waals surface area contributed by atoms with Crippen LogP contribution in [0.25, 0.3) is 49.7 Å². The van der Waals surface area contributed by atoms with Crippen LogP contribution in [0.2, 0.25) is 0 Å². The van der Waals surface area contributed by atoms with E-state index in [0.717, 1.165) is 4.47 Å². The normalized spacial score (nSPS) is 11.3. The van der Waals surface area contributed by atoms with Crippen LogP contribution in [-0.2, 0) is 0 Å². The highest BCUT2D eigenvalue weighted by Crippen LogP contribution is 2.37. The lowest BCUT2D eigenvalue weighted by molar-refractivity contribution is 1.15. The van der Waals surface area contributed by atoms with Crippen molar-refractivity contribution in [3.63, 3.8) is 0 Å². The zero-order chi connectivity index (χ0) is 21.5. The molecule has 32 heavy (non-hydrogen) atoms. The molecule has 0 saturated carbocycles. The van der Waals surface area contributed by atoms with Gasteiger partial charge in [-0.15, -0.1) is 0 Å². The van der Waals surface area contributed by atoms with Gasteiger partial charge in [-0.2, -0.15) is 0 Å². The molecular weight excluding hydrogens is 454 g/mol. The summed E-state index contributed by atoms with van der Waals surface area (Å²) in [6.45, 7) is 0. The summed E-state index contributed by atoms with van der Waals surface area (Å²) in [7, 11) is 0. The Balaban J connectivity index is 1.72. The molecule has 0 atom stereocenters. The summed E-state index contributed by atoms with van der Waals surface area (Å²) < 4.78 is 3.49. The summed E-state index contributed by atoms with van der Waals surface area (Å²) >= 11 is 3.58. The number of fused-ring (bicyclic) bond motifs is 2. The maximum absolute atomic E-state index is 3.58. The number of nitrogens with zero attached hydrogens (tertiary/aromatic N) is 1. The molecule has 0 saturated heterocycles. The monoisotopic (exact) mass is 473 g/mol. The molecule has 2 heteroatoms. The summed E-state index contributed by atoms with van der Waals surface area (Å²) in [5, 5.41) is 3.72. The van der Waals surface area contributed by atoms with E-state index in [9.17, 15) is 0 Å². The fourth-order valence-electron chi connectivity index (χ4n) is 4.52. The quantitative estimate of drug-likeness (QED) is 0.241. The molecule has 6 rings (SSSR count). The molecule has 0 N–H and O–H groups in total. The largest absolute Gasteiger partial charge is 0.309 e. The van der Waals surface area contributed by atoms with Crippen LogP contribution in [0, 0.1) is 0 Å². The number of para-hydroxylation sites is 1. The molecule has 0 aliphatic rings. The molecule has 152 valence electrons. The Morgan fingerprint density at radius 3 is 2.00 bits per heavy atom. The molecule has 0 unspecified atom stereocenters. The molecule has 0 aliphatic carbocycles. The van der Waals surface area contributed by atoms with Gasteiger partial charge in [0.05, 0.1) is 16.9 Å². The summed E-state index contributed by atoms with van der Waals surface area (Å²) in [4.78, 5) is 0. The number of hydrogen-bond acceptors (Lipinski definition) is 0. The van der Waals surface area contributed by atoms with Gasteiger partial charge in [0.1, 0.15) is 0 Å². The van der Waals surface area contributed by atoms with E-state index in [1.807, 2.05) is 0 Å². The van der Waals surface area contributed by atoms with Crippen molar-refractivity contribution in [3.8, 4) is 28.1 Å². The summed E-state index contributed by atoms with van der Waals surface area (Å²) in [6.07, 6.45) is 0. The van der Waals surface area contributed by atoms with Crippen molar-refractivity contribution in [3.05, 3.63) is 126 Å². The average Bonchev–Trinajstić information content (AvgIpc) is 3.24. The first-order chi connectivity index (χ1) is 15.8. The minimum Gasteiger partial charge on any atom is -0.309 e. The third-order valence-corrected chi connectivity index (χ3v) is 6.57. The van der Waals surface area contributed by atoms with Crippen molar-refractivity contribution >= 4 is 37.6 Å². The SMILES string of the molecule is Brc1ccc(-c2cc3ccccc3n2-c2cc(-c3ccccc3)cc3ccccc23)cc1. The van der Waals surface area contributed by atoms with Gasteiger partial charge in [0.15, 0.2) is 0 Å². The molecule has 6 aromatic rings. The fraction of sp³-hybridized carbons (Fsp3) is 0. The fourth-order valence-corrected chi connectivity index (χ4v) is 4.78. The van der Waals surface area contributed by atoms with E-state index in [4.69, 9.17) is 0 Å². The van der Waals surface area contributed by atoms with Crippen LogP contribution in [0.3, 0.4) is 0 Å². The third-order valence-electron chi connectivity index (χ3n) is 6.04. The number of rotatable bonds is 3. The first-order valence-electron chi connectivity index (χ1n) is 10.7. The van der Waals surface area contributed by atoms with Gasteiger partial charge in [-0.3, -0.25) is 0 Å². The van der Waals surface area contributed by atoms with Crippen molar-refractivity contribution < 1.29 is 0 Å². The Morgan fingerprint density at radius 2 is 1.19 bits per heavy atom. The lowest BCUT2D eigenvalue weighted by Crippen LogP contribution is -1.99. The molecule has 1 heterocycles. The second kappa shape index (κ2) is 7.81. The van der Waals surface area contributed by atoms with Crippen molar-refractivity contribution in [2.75, 3.05) is 0 Å². The number of benzene rings is 5. The Labute approximate surface area is 195 Å². The lowest BCUT2D eigenvalue weighted by atomic mass is 9.99. The van der Waals surface area contributed by atoms with Gasteiger partial charge in [0, 0.05) is 15.2 Å². The van der Waals surface area contributed by atoms with E-state index >= 15 is 0 Å². The first kappa shape index (κ1) is 19.1. The molecule has 0 spiro atoms. The smallest absolute Gasteiger partial charge is 0.0546 e. The molecule has 0 bridgehead atoms. The van der Waals surface area contributed by atoms with E-state index in [1.165, 1.54) is 49.7 Å². The van der Waals surface area contributed by atoms with Gasteiger partial charge in [-0.25, -0.2) is 0 Å². The molecule has 1 aromatic heterocycles. The van der Waals surface area contributed by atoms with Crippen molar-refractivity contribution in [2.24, 2.45) is 0 Å². The van der Waals surface area contributed by atoms with E-state index in [2.05, 4.69) is 142 Å². The van der Waals surface area contributed by atoms with Gasteiger partial charge in [0.25, 0.3) is 0 Å². The van der Waals surface area contributed by atoms with Crippen LogP contribution in [0.15, 0.2) is 126 Å². The third kappa shape index (κ3) is 3.24. The standard InChI is InChI=1S/C30H20BrN/c31-26-16-14-22(15-17-26)29-19-24-11-5-7-13-28(24)32(29)30-20-25(21-8-2-1-3-9-21)18-23-10-4-6-12-27(23)30/h1-20H. The maximum atomic E-state index is 3.58. The Hall–Kier alpha value is -3.62. The van der Waals surface area contributed by atoms with Crippen LogP contribution >= 0.6 is 15.9 Å². The molecule has 0 amide bonds. The van der Waals surface area contributed by atoms with Crippen molar-refractivity contribution in [1.29, 1.82) is 0 Å². The zero-order valence-corrected chi connectivity index (χ0v) is 19.0. The van der Waals surface area contributed by atoms with E-state index < -0.39 is 0 Å². The Bertz CT molecular complexity index is 1560. The molecule has 1 nitrogen and oxygen atoms in total. The lowest BCUT2D eigenvalue weighted by Gasteiger charge is -2.16. The van der Waals surface area contributed by atoms with E-state index in [0.29, 0.717) is 0 Å². The molecular formula is C30H20BrN. The predicted octanol–water partition coefficient (Wildman–Crippen LogP) is 8.88. The van der Waals surface area contributed by atoms with E-state index in [-0.39, 0.29) is 0 Å². The van der Waals surface area contributed by atoms with Crippen LogP contribution in [0.5, 0.6) is 0 Å². The van der Waals surface area contributed by atoms with Crippen molar-refractivity contribution in [2.45, 2.75) is 0 Å². The van der Waals surface area contributed by atoms with E-state index in [1.54, 1.807) is 0 Å². The molecule has 0 fully saturated rings. The van der Waals surface area contributed by atoms with Crippen LogP contribution in [-0.4, -0.2) is 4.57 Å². The highest BCUT2D eigenvalue weighted by molar-refractivity contribution is 9.10. The second-order valence-electron chi connectivity index (χ2n) is 8.01. The van der Waals surface area contributed by atoms with Crippen LogP contribution in [0.4, 0.5) is 0 Å². The van der Waals surface area contributed by atoms with Crippen molar-refractivity contribution in [1.82, 2.24) is 4.57 Å². The van der Waals surface area contributed by atoms with Gasteiger partial charge in [0.2, 0.25) is 0 Å². The minimum absolute atomic E-state index is 1.08. The van der Waals surface area contributed by atoms with Gasteiger partial charge in [-0.05, 0) is 58.5 Å². The molecule has 5 aromatic carbocycles. The summed E-state index contributed by atoms with van der Waals surface area (Å²) in [6, 6.07) is 43.4. The Kier molecular flexibility index (Phi) is 4.66. The number of hydrogen-bond donors (Lipinski definition) is 0.